The maximum absolute atomic E-state index is 6.35. The fourth-order valence-electron chi connectivity index (χ4n) is 2.73. The normalized spacial score (nSPS) is 19.5. The van der Waals surface area contributed by atoms with Gasteiger partial charge in [0.2, 0.25) is 0 Å². The van der Waals surface area contributed by atoms with Crippen LogP contribution in [0.25, 0.3) is 0 Å². The van der Waals surface area contributed by atoms with Gasteiger partial charge in [0.25, 0.3) is 0 Å². The van der Waals surface area contributed by atoms with Gasteiger partial charge in [-0.3, -0.25) is 0 Å². The van der Waals surface area contributed by atoms with Gasteiger partial charge in [-0.15, -0.1) is 0 Å². The molecule has 2 nitrogen and oxygen atoms in total. The van der Waals surface area contributed by atoms with Crippen molar-refractivity contribution >= 4 is 39.9 Å². The van der Waals surface area contributed by atoms with E-state index in [2.05, 4.69) is 53.9 Å². The van der Waals surface area contributed by atoms with E-state index in [1.807, 2.05) is 30.3 Å². The van der Waals surface area contributed by atoms with Crippen molar-refractivity contribution in [3.63, 3.8) is 0 Å². The highest BCUT2D eigenvalue weighted by molar-refractivity contribution is 14.1. The molecule has 1 atom stereocenters. The molecule has 0 saturated heterocycles. The predicted octanol–water partition coefficient (Wildman–Crippen LogP) is 5.66. The van der Waals surface area contributed by atoms with E-state index in [1.165, 1.54) is 5.56 Å². The van der Waals surface area contributed by atoms with Crippen molar-refractivity contribution in [1.29, 1.82) is 0 Å². The lowest BCUT2D eigenvalue weighted by Gasteiger charge is -2.38. The van der Waals surface area contributed by atoms with Crippen molar-refractivity contribution in [3.05, 3.63) is 56.6 Å². The molecule has 0 aromatic heterocycles. The third-order valence-electron chi connectivity index (χ3n) is 3.64. The van der Waals surface area contributed by atoms with Crippen molar-refractivity contribution in [2.45, 2.75) is 31.9 Å². The lowest BCUT2D eigenvalue weighted by Crippen LogP contribution is -2.37. The summed E-state index contributed by atoms with van der Waals surface area (Å²) >= 11 is 8.61. The lowest BCUT2D eigenvalue weighted by molar-refractivity contribution is 0.0759. The number of nitrogens with one attached hydrogen (secondary N) is 1. The minimum absolute atomic E-state index is 0.193. The van der Waals surface area contributed by atoms with Crippen LogP contribution in [0.1, 0.15) is 31.9 Å². The van der Waals surface area contributed by atoms with Crippen LogP contribution in [-0.4, -0.2) is 5.60 Å². The Hall–Kier alpha value is -0.940. The van der Waals surface area contributed by atoms with Gasteiger partial charge in [-0.25, -0.2) is 0 Å². The zero-order chi connectivity index (χ0) is 15.0. The third kappa shape index (κ3) is 3.29. The molecule has 0 aliphatic carbocycles. The van der Waals surface area contributed by atoms with Gasteiger partial charge in [-0.1, -0.05) is 29.8 Å². The third-order valence-corrected chi connectivity index (χ3v) is 4.62. The quantitative estimate of drug-likeness (QED) is 0.642. The Bertz CT molecular complexity index is 672. The van der Waals surface area contributed by atoms with Gasteiger partial charge in [0.1, 0.15) is 11.4 Å². The van der Waals surface area contributed by atoms with Crippen LogP contribution in [-0.2, 0) is 0 Å². The summed E-state index contributed by atoms with van der Waals surface area (Å²) in [5.74, 6) is 0.952. The first-order valence-electron chi connectivity index (χ1n) is 6.94. The van der Waals surface area contributed by atoms with Crippen molar-refractivity contribution in [1.82, 2.24) is 0 Å². The molecule has 4 heteroatoms. The van der Waals surface area contributed by atoms with Gasteiger partial charge in [-0.2, -0.15) is 0 Å². The maximum atomic E-state index is 6.35. The number of anilines is 1. The molecule has 0 saturated carbocycles. The van der Waals surface area contributed by atoms with E-state index in [0.717, 1.165) is 26.5 Å². The molecule has 2 aromatic carbocycles. The Labute approximate surface area is 144 Å². The molecule has 3 rings (SSSR count). The highest BCUT2D eigenvalue weighted by Gasteiger charge is 2.33. The van der Waals surface area contributed by atoms with Crippen LogP contribution >= 0.6 is 34.2 Å². The second kappa shape index (κ2) is 5.69. The average Bonchev–Trinajstić information content (AvgIpc) is 2.40. The molecule has 1 heterocycles. The highest BCUT2D eigenvalue weighted by atomic mass is 127. The Morgan fingerprint density at radius 2 is 2.00 bits per heavy atom. The Kier molecular flexibility index (Phi) is 4.06. The minimum atomic E-state index is -0.193. The van der Waals surface area contributed by atoms with Crippen LogP contribution < -0.4 is 10.1 Å². The van der Waals surface area contributed by atoms with Crippen molar-refractivity contribution < 1.29 is 4.74 Å². The molecule has 0 radical (unpaired) electrons. The standard InChI is InChI=1S/C17H17ClINO/c1-17(2)10-15(12-5-3-4-6-16(12)21-17)20-14-8-7-11(19)9-13(14)18/h3-9,15,20H,10H2,1-2H3. The summed E-state index contributed by atoms with van der Waals surface area (Å²) in [6.45, 7) is 4.24. The second-order valence-corrected chi connectivity index (χ2v) is 7.58. The van der Waals surface area contributed by atoms with Crippen molar-refractivity contribution in [2.24, 2.45) is 0 Å². The molecule has 1 unspecified atom stereocenters. The van der Waals surface area contributed by atoms with Crippen LogP contribution in [0.3, 0.4) is 0 Å². The summed E-state index contributed by atoms with van der Waals surface area (Å²) in [5.41, 5.74) is 1.96. The largest absolute Gasteiger partial charge is 0.487 e. The molecule has 0 spiro atoms. The van der Waals surface area contributed by atoms with E-state index < -0.39 is 0 Å². The topological polar surface area (TPSA) is 21.3 Å². The molecule has 1 aliphatic rings. The Balaban J connectivity index is 1.94. The zero-order valence-electron chi connectivity index (χ0n) is 12.0. The highest BCUT2D eigenvalue weighted by Crippen LogP contribution is 2.41. The van der Waals surface area contributed by atoms with E-state index in [1.54, 1.807) is 0 Å². The number of ether oxygens (including phenoxy) is 1. The van der Waals surface area contributed by atoms with Crippen molar-refractivity contribution in [2.75, 3.05) is 5.32 Å². The fraction of sp³-hybridized carbons (Fsp3) is 0.294. The molecule has 2 aromatic rings. The lowest BCUT2D eigenvalue weighted by atomic mass is 9.89. The first-order chi connectivity index (χ1) is 9.94. The predicted molar refractivity (Wildman–Crippen MR) is 96.3 cm³/mol. The summed E-state index contributed by atoms with van der Waals surface area (Å²) in [6.07, 6.45) is 0.895. The minimum Gasteiger partial charge on any atom is -0.487 e. The maximum Gasteiger partial charge on any atom is 0.125 e. The number of halogens is 2. The van der Waals surface area contributed by atoms with E-state index in [0.29, 0.717) is 0 Å². The van der Waals surface area contributed by atoms with Gasteiger partial charge in [0, 0.05) is 15.6 Å². The van der Waals surface area contributed by atoms with Crippen LogP contribution in [0.2, 0.25) is 5.02 Å². The second-order valence-electron chi connectivity index (χ2n) is 5.92. The summed E-state index contributed by atoms with van der Waals surface area (Å²) in [6, 6.07) is 14.5. The smallest absolute Gasteiger partial charge is 0.125 e. The number of fused-ring (bicyclic) bond motifs is 1. The first-order valence-corrected chi connectivity index (χ1v) is 8.40. The summed E-state index contributed by atoms with van der Waals surface area (Å²) in [5, 5.41) is 4.33. The summed E-state index contributed by atoms with van der Waals surface area (Å²) in [4.78, 5) is 0. The monoisotopic (exact) mass is 413 g/mol. The molecule has 0 amide bonds. The molecule has 21 heavy (non-hydrogen) atoms. The molecule has 110 valence electrons. The van der Waals surface area contributed by atoms with Gasteiger partial charge in [-0.05, 0) is 60.7 Å². The molecule has 0 fully saturated rings. The SMILES string of the molecule is CC1(C)CC(Nc2ccc(I)cc2Cl)c2ccccc2O1. The first kappa shape index (κ1) is 15.0. The van der Waals surface area contributed by atoms with Crippen LogP contribution in [0.4, 0.5) is 5.69 Å². The van der Waals surface area contributed by atoms with E-state index in [4.69, 9.17) is 16.3 Å². The number of benzene rings is 2. The van der Waals surface area contributed by atoms with Gasteiger partial charge in [0.05, 0.1) is 16.8 Å². The molecule has 1 N–H and O–H groups in total. The Morgan fingerprint density at radius 3 is 2.76 bits per heavy atom. The number of hydrogen-bond acceptors (Lipinski definition) is 2. The van der Waals surface area contributed by atoms with E-state index in [-0.39, 0.29) is 11.6 Å². The molecule has 0 bridgehead atoms. The van der Waals surface area contributed by atoms with E-state index in [9.17, 15) is 0 Å². The molecular formula is C17H17ClINO. The molecular weight excluding hydrogens is 397 g/mol. The van der Waals surface area contributed by atoms with Crippen LogP contribution in [0, 0.1) is 3.57 Å². The van der Waals surface area contributed by atoms with Crippen LogP contribution in [0.5, 0.6) is 5.75 Å². The summed E-state index contributed by atoms with van der Waals surface area (Å²) in [7, 11) is 0. The van der Waals surface area contributed by atoms with E-state index >= 15 is 0 Å². The van der Waals surface area contributed by atoms with Gasteiger partial charge in [0.15, 0.2) is 0 Å². The van der Waals surface area contributed by atoms with Gasteiger partial charge < -0.3 is 10.1 Å². The zero-order valence-corrected chi connectivity index (χ0v) is 14.9. The number of rotatable bonds is 2. The number of hydrogen-bond donors (Lipinski definition) is 1. The number of para-hydroxylation sites is 1. The molecule has 1 aliphatic heterocycles. The fourth-order valence-corrected chi connectivity index (χ4v) is 3.64. The van der Waals surface area contributed by atoms with Crippen molar-refractivity contribution in [3.8, 4) is 5.75 Å². The average molecular weight is 414 g/mol. The Morgan fingerprint density at radius 1 is 1.24 bits per heavy atom. The van der Waals surface area contributed by atoms with Crippen LogP contribution in [0.15, 0.2) is 42.5 Å². The van der Waals surface area contributed by atoms with Gasteiger partial charge >= 0.3 is 0 Å². The summed E-state index contributed by atoms with van der Waals surface area (Å²) < 4.78 is 7.20.